The van der Waals surface area contributed by atoms with Gasteiger partial charge in [-0.1, -0.05) is 19.1 Å². The van der Waals surface area contributed by atoms with Crippen molar-refractivity contribution in [2.75, 3.05) is 11.9 Å². The van der Waals surface area contributed by atoms with Crippen LogP contribution in [0.1, 0.15) is 20.1 Å². The third-order valence-electron chi connectivity index (χ3n) is 4.02. The van der Waals surface area contributed by atoms with Crippen LogP contribution in [0.4, 0.5) is 10.3 Å². The molecule has 13 nitrogen and oxygen atoms in total. The van der Waals surface area contributed by atoms with Gasteiger partial charge in [0, 0.05) is 5.92 Å². The second-order valence-corrected chi connectivity index (χ2v) is 7.07. The molecular weight excluding hydrogens is 402 g/mol. The van der Waals surface area contributed by atoms with Gasteiger partial charge < -0.3 is 14.7 Å². The van der Waals surface area contributed by atoms with Crippen LogP contribution in [0, 0.1) is 5.92 Å². The van der Waals surface area contributed by atoms with Crippen LogP contribution in [-0.2, 0) is 18.6 Å². The summed E-state index contributed by atoms with van der Waals surface area (Å²) in [5.41, 5.74) is -1.13. The van der Waals surface area contributed by atoms with Crippen molar-refractivity contribution in [1.29, 1.82) is 0 Å². The zero-order valence-corrected chi connectivity index (χ0v) is 15.7. The summed E-state index contributed by atoms with van der Waals surface area (Å²) in [5, 5.41) is 19.0. The molecule has 1 unspecified atom stereocenters. The van der Waals surface area contributed by atoms with Crippen molar-refractivity contribution in [3.8, 4) is 0 Å². The van der Waals surface area contributed by atoms with E-state index in [1.807, 2.05) is 0 Å². The summed E-state index contributed by atoms with van der Waals surface area (Å²) in [7, 11) is -3.56. The van der Waals surface area contributed by atoms with E-state index in [-0.39, 0.29) is 23.0 Å². The number of aliphatic hydroxyl groups excluding tert-OH is 1. The Bertz CT molecular complexity index is 964. The minimum Gasteiger partial charge on any atom is -0.394 e. The Balaban J connectivity index is 2.04. The third-order valence-corrected chi connectivity index (χ3v) is 4.50. The lowest BCUT2D eigenvalue weighted by atomic mass is 10.1. The van der Waals surface area contributed by atoms with Gasteiger partial charge in [0.25, 0.3) is 5.56 Å². The number of halogens is 1. The summed E-state index contributed by atoms with van der Waals surface area (Å²) in [6, 6.07) is 0. The molecule has 28 heavy (non-hydrogen) atoms. The lowest BCUT2D eigenvalue weighted by Crippen LogP contribution is -2.31. The number of nitrogens with one attached hydrogen (secondary N) is 2. The van der Waals surface area contributed by atoms with Crippen LogP contribution in [0.2, 0.25) is 0 Å². The normalized spacial score (nSPS) is 26.1. The molecule has 3 rings (SSSR count). The van der Waals surface area contributed by atoms with E-state index in [1.54, 1.807) is 13.8 Å². The number of amides is 1. The Morgan fingerprint density at radius 2 is 2.25 bits per heavy atom. The molecule has 154 valence electrons. The number of alkyl halides is 1. The van der Waals surface area contributed by atoms with E-state index < -0.39 is 50.9 Å². The molecule has 5 atom stereocenters. The largest absolute Gasteiger partial charge is 0.394 e. The lowest BCUT2D eigenvalue weighted by Gasteiger charge is -2.18. The highest BCUT2D eigenvalue weighted by Gasteiger charge is 2.48. The standard InChI is InChI=1S/C13H18FN6O7P/c1-4(2)10(22)16-13-15-9-7(11(23)17-13)18-19-20(9)12-8(27-28(24)25)6(14)5(3-21)26-12/h4-6,8,12,21,28H,3H2,1-2H3,(H,24,25)(H2,15,16,17,22,23)/t5-,6-,8+,12-/m1/s1. The maximum absolute atomic E-state index is 14.4. The van der Waals surface area contributed by atoms with Crippen LogP contribution in [-0.4, -0.2) is 65.9 Å². The Hall–Kier alpha value is -2.25. The van der Waals surface area contributed by atoms with Gasteiger partial charge in [0.1, 0.15) is 12.2 Å². The monoisotopic (exact) mass is 420 g/mol. The molecule has 0 aromatic carbocycles. The molecule has 0 spiro atoms. The first kappa shape index (κ1) is 20.5. The first-order valence-corrected chi connectivity index (χ1v) is 9.45. The first-order chi connectivity index (χ1) is 13.2. The smallest absolute Gasteiger partial charge is 0.317 e. The van der Waals surface area contributed by atoms with Gasteiger partial charge in [0.15, 0.2) is 23.6 Å². The Labute approximate surface area is 156 Å². The highest BCUT2D eigenvalue weighted by molar-refractivity contribution is 7.32. The lowest BCUT2D eigenvalue weighted by molar-refractivity contribution is -0.118. The SMILES string of the molecule is CC(C)C(=O)Nc1nc2c(nnn2[C@@H]2O[C@H](CO)[C@@H](F)[C@@H]2O[PH](=O)O)c(=O)[nH]1. The van der Waals surface area contributed by atoms with Gasteiger partial charge in [0.2, 0.25) is 11.9 Å². The van der Waals surface area contributed by atoms with Gasteiger partial charge in [-0.05, 0) is 0 Å². The molecule has 1 aliphatic heterocycles. The number of ether oxygens (including phenoxy) is 1. The molecule has 0 bridgehead atoms. The zero-order valence-electron chi connectivity index (χ0n) is 14.7. The van der Waals surface area contributed by atoms with E-state index in [4.69, 9.17) is 14.2 Å². The fraction of sp³-hybridized carbons (Fsp3) is 0.615. The molecule has 4 N–H and O–H groups in total. The molecule has 1 fully saturated rings. The number of nitrogens with zero attached hydrogens (tertiary/aromatic N) is 4. The molecule has 1 aliphatic rings. The van der Waals surface area contributed by atoms with Crippen molar-refractivity contribution in [3.63, 3.8) is 0 Å². The number of rotatable bonds is 6. The molecule has 0 aliphatic carbocycles. The highest BCUT2D eigenvalue weighted by atomic mass is 31.1. The van der Waals surface area contributed by atoms with Crippen molar-refractivity contribution in [3.05, 3.63) is 10.4 Å². The summed E-state index contributed by atoms with van der Waals surface area (Å²) in [4.78, 5) is 39.4. The molecule has 1 amide bonds. The number of H-pyrrole nitrogens is 1. The van der Waals surface area contributed by atoms with E-state index in [2.05, 4.69) is 25.6 Å². The van der Waals surface area contributed by atoms with Crippen molar-refractivity contribution in [2.24, 2.45) is 5.92 Å². The van der Waals surface area contributed by atoms with Crippen LogP contribution in [0.15, 0.2) is 4.79 Å². The summed E-state index contributed by atoms with van der Waals surface area (Å²) in [5.74, 6) is -0.996. The minimum atomic E-state index is -3.56. The Morgan fingerprint density at radius 1 is 1.54 bits per heavy atom. The van der Waals surface area contributed by atoms with Crippen molar-refractivity contribution < 1.29 is 33.0 Å². The second-order valence-electron chi connectivity index (χ2n) is 6.31. The first-order valence-electron chi connectivity index (χ1n) is 8.19. The topological polar surface area (TPSA) is 182 Å². The summed E-state index contributed by atoms with van der Waals surface area (Å²) in [6.45, 7) is 2.55. The maximum atomic E-state index is 14.4. The molecule has 1 saturated heterocycles. The maximum Gasteiger partial charge on any atom is 0.317 e. The van der Waals surface area contributed by atoms with Crippen LogP contribution in [0.25, 0.3) is 11.2 Å². The van der Waals surface area contributed by atoms with Crippen molar-refractivity contribution >= 4 is 31.3 Å². The summed E-state index contributed by atoms with van der Waals surface area (Å²) in [6.07, 6.45) is -6.33. The Morgan fingerprint density at radius 3 is 2.86 bits per heavy atom. The number of hydrogen-bond acceptors (Lipinski definition) is 9. The highest BCUT2D eigenvalue weighted by Crippen LogP contribution is 2.38. The number of fused-ring (bicyclic) bond motifs is 1. The van der Waals surface area contributed by atoms with Gasteiger partial charge in [-0.3, -0.25) is 29.0 Å². The summed E-state index contributed by atoms with van der Waals surface area (Å²) < 4.78 is 36.4. The quantitative estimate of drug-likeness (QED) is 0.428. The van der Waals surface area contributed by atoms with Crippen LogP contribution >= 0.6 is 8.25 Å². The molecule has 3 heterocycles. The number of aromatic nitrogens is 5. The molecule has 0 saturated carbocycles. The second kappa shape index (κ2) is 8.01. The van der Waals surface area contributed by atoms with E-state index in [0.717, 1.165) is 4.68 Å². The Kier molecular flexibility index (Phi) is 5.86. The fourth-order valence-corrected chi connectivity index (χ4v) is 3.09. The number of hydrogen-bond donors (Lipinski definition) is 4. The summed E-state index contributed by atoms with van der Waals surface area (Å²) >= 11 is 0. The van der Waals surface area contributed by atoms with E-state index in [9.17, 15) is 23.7 Å². The van der Waals surface area contributed by atoms with E-state index >= 15 is 0 Å². The van der Waals surface area contributed by atoms with E-state index in [1.165, 1.54) is 0 Å². The molecule has 0 radical (unpaired) electrons. The number of aliphatic hydroxyl groups is 1. The van der Waals surface area contributed by atoms with Gasteiger partial charge in [-0.2, -0.15) is 9.67 Å². The number of anilines is 1. The van der Waals surface area contributed by atoms with Gasteiger partial charge in [-0.25, -0.2) is 4.39 Å². The molecular formula is C13H18FN6O7P. The number of aromatic amines is 1. The number of carbonyl (C=O) groups is 1. The van der Waals surface area contributed by atoms with Gasteiger partial charge >= 0.3 is 8.25 Å². The average molecular weight is 420 g/mol. The third kappa shape index (κ3) is 3.82. The van der Waals surface area contributed by atoms with Gasteiger partial charge in [-0.15, -0.1) is 5.10 Å². The minimum absolute atomic E-state index is 0.176. The molecule has 15 heteroatoms. The molecule has 2 aromatic heterocycles. The van der Waals surface area contributed by atoms with Crippen LogP contribution in [0.3, 0.4) is 0 Å². The zero-order chi connectivity index (χ0) is 20.6. The average Bonchev–Trinajstić information content (AvgIpc) is 3.16. The van der Waals surface area contributed by atoms with Crippen LogP contribution in [0.5, 0.6) is 0 Å². The van der Waals surface area contributed by atoms with Crippen LogP contribution < -0.4 is 10.9 Å². The predicted octanol–water partition coefficient (Wildman–Crippen LogP) is -0.896. The van der Waals surface area contributed by atoms with Gasteiger partial charge in [0.05, 0.1) is 6.61 Å². The predicted molar refractivity (Wildman–Crippen MR) is 91.4 cm³/mol. The molecule has 2 aromatic rings. The van der Waals surface area contributed by atoms with Crippen molar-refractivity contribution in [2.45, 2.75) is 38.5 Å². The van der Waals surface area contributed by atoms with Crippen molar-refractivity contribution in [1.82, 2.24) is 25.0 Å². The fourth-order valence-electron chi connectivity index (χ4n) is 2.61. The number of carbonyl (C=O) groups excluding carboxylic acids is 1. The van der Waals surface area contributed by atoms with E-state index in [0.29, 0.717) is 0 Å².